The summed E-state index contributed by atoms with van der Waals surface area (Å²) in [5, 5.41) is 3.59. The lowest BCUT2D eigenvalue weighted by molar-refractivity contribution is -0.151. The van der Waals surface area contributed by atoms with Crippen LogP contribution in [-0.2, 0) is 9.59 Å². The molecule has 3 aliphatic rings. The Bertz CT molecular complexity index is 411. The van der Waals surface area contributed by atoms with E-state index in [9.17, 15) is 9.59 Å². The van der Waals surface area contributed by atoms with Gasteiger partial charge in [0.15, 0.2) is 0 Å². The Morgan fingerprint density at radius 2 is 2.00 bits per heavy atom. The van der Waals surface area contributed by atoms with Gasteiger partial charge in [0, 0.05) is 11.3 Å². The number of nitrogens with one attached hydrogen (secondary N) is 1. The van der Waals surface area contributed by atoms with Gasteiger partial charge in [-0.25, -0.2) is 0 Å². The molecule has 3 rings (SSSR count). The summed E-state index contributed by atoms with van der Waals surface area (Å²) in [5.74, 6) is 1.73. The zero-order chi connectivity index (χ0) is 14.3. The third kappa shape index (κ3) is 2.57. The Morgan fingerprint density at radius 1 is 1.25 bits per heavy atom. The molecule has 1 N–H and O–H groups in total. The highest BCUT2D eigenvalue weighted by Crippen LogP contribution is 2.38. The van der Waals surface area contributed by atoms with E-state index in [0.717, 1.165) is 31.4 Å². The SMILES string of the molecule is CCSC1CCC(N2C(=O)C(C3CC3)NC(=O)C2C)C1. The smallest absolute Gasteiger partial charge is 0.246 e. The van der Waals surface area contributed by atoms with E-state index in [1.807, 2.05) is 23.6 Å². The number of thioether (sulfide) groups is 1. The van der Waals surface area contributed by atoms with Crippen LogP contribution in [0.5, 0.6) is 0 Å². The summed E-state index contributed by atoms with van der Waals surface area (Å²) in [4.78, 5) is 26.8. The molecule has 0 aromatic heterocycles. The van der Waals surface area contributed by atoms with Crippen molar-refractivity contribution in [3.05, 3.63) is 0 Å². The average Bonchev–Trinajstić information content (AvgIpc) is 3.16. The van der Waals surface area contributed by atoms with Gasteiger partial charge in [0.1, 0.15) is 12.1 Å². The van der Waals surface area contributed by atoms with E-state index in [1.165, 1.54) is 6.42 Å². The fourth-order valence-corrected chi connectivity index (χ4v) is 4.75. The molecular formula is C15H24N2O2S. The van der Waals surface area contributed by atoms with Crippen LogP contribution in [0.2, 0.25) is 0 Å². The quantitative estimate of drug-likeness (QED) is 0.860. The van der Waals surface area contributed by atoms with E-state index in [0.29, 0.717) is 11.2 Å². The zero-order valence-electron chi connectivity index (χ0n) is 12.3. The first-order valence-electron chi connectivity index (χ1n) is 7.86. The van der Waals surface area contributed by atoms with Gasteiger partial charge < -0.3 is 10.2 Å². The molecule has 1 aliphatic heterocycles. The molecule has 0 radical (unpaired) electrons. The third-order valence-electron chi connectivity index (χ3n) is 4.86. The van der Waals surface area contributed by atoms with Crippen molar-refractivity contribution in [3.8, 4) is 0 Å². The second-order valence-electron chi connectivity index (χ2n) is 6.29. The molecule has 20 heavy (non-hydrogen) atoms. The van der Waals surface area contributed by atoms with Crippen LogP contribution >= 0.6 is 11.8 Å². The first kappa shape index (κ1) is 14.2. The normalized spacial score (nSPS) is 38.2. The molecule has 5 heteroatoms. The lowest BCUT2D eigenvalue weighted by atomic mass is 10.0. The number of hydrogen-bond donors (Lipinski definition) is 1. The summed E-state index contributed by atoms with van der Waals surface area (Å²) in [6.07, 6.45) is 5.45. The van der Waals surface area contributed by atoms with Crippen LogP contribution in [-0.4, -0.2) is 45.8 Å². The summed E-state index contributed by atoms with van der Waals surface area (Å²) in [6, 6.07) is -0.265. The van der Waals surface area contributed by atoms with Gasteiger partial charge in [-0.15, -0.1) is 0 Å². The first-order chi connectivity index (χ1) is 9.61. The van der Waals surface area contributed by atoms with E-state index in [1.54, 1.807) is 0 Å². The lowest BCUT2D eigenvalue weighted by Crippen LogP contribution is -2.65. The molecule has 4 unspecified atom stereocenters. The Balaban J connectivity index is 1.72. The zero-order valence-corrected chi connectivity index (χ0v) is 13.1. The van der Waals surface area contributed by atoms with Crippen LogP contribution in [0.15, 0.2) is 0 Å². The van der Waals surface area contributed by atoms with Crippen LogP contribution in [0.1, 0.15) is 46.0 Å². The van der Waals surface area contributed by atoms with Gasteiger partial charge in [-0.1, -0.05) is 6.92 Å². The third-order valence-corrected chi connectivity index (χ3v) is 6.09. The molecule has 4 nitrogen and oxygen atoms in total. The van der Waals surface area contributed by atoms with E-state index in [2.05, 4.69) is 12.2 Å². The summed E-state index contributed by atoms with van der Waals surface area (Å²) in [7, 11) is 0. The van der Waals surface area contributed by atoms with Crippen molar-refractivity contribution in [2.24, 2.45) is 5.92 Å². The molecule has 0 bridgehead atoms. The van der Waals surface area contributed by atoms with Gasteiger partial charge in [0.25, 0.3) is 0 Å². The standard InChI is InChI=1S/C15H24N2O2S/c1-3-20-12-7-6-11(8-12)17-9(2)14(18)16-13(15(17)19)10-4-5-10/h9-13H,3-8H2,1-2H3,(H,16,18). The summed E-state index contributed by atoms with van der Waals surface area (Å²) in [5.41, 5.74) is 0. The van der Waals surface area contributed by atoms with Crippen molar-refractivity contribution >= 4 is 23.6 Å². The molecular weight excluding hydrogens is 272 g/mol. The summed E-state index contributed by atoms with van der Waals surface area (Å²) < 4.78 is 0. The van der Waals surface area contributed by atoms with E-state index < -0.39 is 0 Å². The van der Waals surface area contributed by atoms with Crippen molar-refractivity contribution in [1.82, 2.24) is 10.2 Å². The van der Waals surface area contributed by atoms with Crippen molar-refractivity contribution in [2.75, 3.05) is 5.75 Å². The summed E-state index contributed by atoms with van der Waals surface area (Å²) in [6.45, 7) is 4.06. The van der Waals surface area contributed by atoms with Crippen LogP contribution in [0, 0.1) is 5.92 Å². The van der Waals surface area contributed by atoms with Crippen molar-refractivity contribution < 1.29 is 9.59 Å². The average molecular weight is 296 g/mol. The highest BCUT2D eigenvalue weighted by atomic mass is 32.2. The minimum Gasteiger partial charge on any atom is -0.342 e. The minimum absolute atomic E-state index is 0.0353. The number of rotatable bonds is 4. The Morgan fingerprint density at radius 3 is 2.65 bits per heavy atom. The van der Waals surface area contributed by atoms with Crippen LogP contribution in [0.4, 0.5) is 0 Å². The van der Waals surface area contributed by atoms with Crippen LogP contribution in [0.25, 0.3) is 0 Å². The van der Waals surface area contributed by atoms with Crippen molar-refractivity contribution in [3.63, 3.8) is 0 Å². The maximum absolute atomic E-state index is 12.7. The molecule has 0 aromatic carbocycles. The van der Waals surface area contributed by atoms with Gasteiger partial charge in [-0.3, -0.25) is 9.59 Å². The van der Waals surface area contributed by atoms with E-state index in [4.69, 9.17) is 0 Å². The van der Waals surface area contributed by atoms with Gasteiger partial charge in [-0.05, 0) is 50.7 Å². The molecule has 112 valence electrons. The molecule has 4 atom stereocenters. The number of amides is 2. The molecule has 0 aromatic rings. The molecule has 0 spiro atoms. The Kier molecular flexibility index (Phi) is 3.98. The molecule has 1 saturated heterocycles. The second kappa shape index (κ2) is 5.58. The molecule has 2 aliphatic carbocycles. The second-order valence-corrected chi connectivity index (χ2v) is 7.87. The van der Waals surface area contributed by atoms with Crippen molar-refractivity contribution in [1.29, 1.82) is 0 Å². The number of carbonyl (C=O) groups is 2. The molecule has 1 heterocycles. The molecule has 2 amide bonds. The van der Waals surface area contributed by atoms with Gasteiger partial charge in [0.05, 0.1) is 0 Å². The Labute approximate surface area is 125 Å². The molecule has 2 saturated carbocycles. The van der Waals surface area contributed by atoms with Gasteiger partial charge in [-0.2, -0.15) is 11.8 Å². The predicted molar refractivity (Wildman–Crippen MR) is 80.5 cm³/mol. The predicted octanol–water partition coefficient (Wildman–Crippen LogP) is 1.79. The largest absolute Gasteiger partial charge is 0.342 e. The minimum atomic E-state index is -0.298. The van der Waals surface area contributed by atoms with Crippen LogP contribution in [0.3, 0.4) is 0 Å². The summed E-state index contributed by atoms with van der Waals surface area (Å²) >= 11 is 1.99. The first-order valence-corrected chi connectivity index (χ1v) is 8.90. The number of piperazine rings is 1. The van der Waals surface area contributed by atoms with Gasteiger partial charge in [0.2, 0.25) is 11.8 Å². The Hall–Kier alpha value is -0.710. The topological polar surface area (TPSA) is 49.4 Å². The number of hydrogen-bond acceptors (Lipinski definition) is 3. The maximum atomic E-state index is 12.7. The lowest BCUT2D eigenvalue weighted by Gasteiger charge is -2.41. The monoisotopic (exact) mass is 296 g/mol. The number of carbonyl (C=O) groups excluding carboxylic acids is 2. The highest BCUT2D eigenvalue weighted by molar-refractivity contribution is 7.99. The number of nitrogens with zero attached hydrogens (tertiary/aromatic N) is 1. The maximum Gasteiger partial charge on any atom is 0.246 e. The van der Waals surface area contributed by atoms with E-state index in [-0.39, 0.29) is 29.9 Å². The highest BCUT2D eigenvalue weighted by Gasteiger charge is 2.48. The molecule has 3 fully saturated rings. The fraction of sp³-hybridized carbons (Fsp3) is 0.867. The van der Waals surface area contributed by atoms with Gasteiger partial charge >= 0.3 is 0 Å². The van der Waals surface area contributed by atoms with Crippen molar-refractivity contribution in [2.45, 2.75) is 69.3 Å². The van der Waals surface area contributed by atoms with E-state index >= 15 is 0 Å². The van der Waals surface area contributed by atoms with Crippen LogP contribution < -0.4 is 5.32 Å². The fourth-order valence-electron chi connectivity index (χ4n) is 3.62.